The van der Waals surface area contributed by atoms with E-state index in [0.29, 0.717) is 5.69 Å². The molecule has 0 aliphatic carbocycles. The van der Waals surface area contributed by atoms with Crippen LogP contribution < -0.4 is 22.0 Å². The molecular weight excluding hydrogens is 390 g/mol. The smallest absolute Gasteiger partial charge is 0.408 e. The van der Waals surface area contributed by atoms with Crippen LogP contribution >= 0.6 is 0 Å². The van der Waals surface area contributed by atoms with Crippen LogP contribution in [0.3, 0.4) is 0 Å². The summed E-state index contributed by atoms with van der Waals surface area (Å²) in [6, 6.07) is 8.17. The summed E-state index contributed by atoms with van der Waals surface area (Å²) in [4.78, 5) is 52.4. The lowest BCUT2D eigenvalue weighted by Gasteiger charge is -2.23. The maximum Gasteiger partial charge on any atom is 0.408 e. The number of hydrazone groups is 1. The van der Waals surface area contributed by atoms with E-state index in [1.807, 2.05) is 30.3 Å². The molecule has 0 aliphatic heterocycles. The Morgan fingerprint density at radius 1 is 1.17 bits per heavy atom. The molecule has 10 heteroatoms. The monoisotopic (exact) mass is 415 g/mol. The second-order valence-corrected chi connectivity index (χ2v) is 7.57. The van der Waals surface area contributed by atoms with E-state index in [-0.39, 0.29) is 12.0 Å². The van der Waals surface area contributed by atoms with Gasteiger partial charge in [0.15, 0.2) is 0 Å². The van der Waals surface area contributed by atoms with E-state index in [2.05, 4.69) is 25.8 Å². The highest BCUT2D eigenvalue weighted by Gasteiger charge is 2.24. The highest BCUT2D eigenvalue weighted by atomic mass is 16.6. The van der Waals surface area contributed by atoms with Crippen LogP contribution in [0.25, 0.3) is 0 Å². The largest absolute Gasteiger partial charge is 0.444 e. The zero-order valence-electron chi connectivity index (χ0n) is 17.2. The minimum Gasteiger partial charge on any atom is -0.444 e. The van der Waals surface area contributed by atoms with Crippen molar-refractivity contribution in [2.24, 2.45) is 5.10 Å². The fraction of sp³-hybridized carbons (Fsp3) is 0.350. The van der Waals surface area contributed by atoms with Gasteiger partial charge in [-0.25, -0.2) is 15.0 Å². The van der Waals surface area contributed by atoms with Crippen molar-refractivity contribution < 1.29 is 14.3 Å². The molecule has 1 aromatic heterocycles. The fourth-order valence-corrected chi connectivity index (χ4v) is 2.51. The summed E-state index contributed by atoms with van der Waals surface area (Å²) < 4.78 is 5.22. The predicted octanol–water partition coefficient (Wildman–Crippen LogP) is 0.958. The van der Waals surface area contributed by atoms with Gasteiger partial charge in [0.1, 0.15) is 11.6 Å². The Kier molecular flexibility index (Phi) is 7.29. The summed E-state index contributed by atoms with van der Waals surface area (Å²) in [7, 11) is 0. The van der Waals surface area contributed by atoms with E-state index in [1.165, 1.54) is 6.92 Å². The summed E-state index contributed by atoms with van der Waals surface area (Å²) in [5, 5.41) is 6.32. The van der Waals surface area contributed by atoms with E-state index in [9.17, 15) is 19.2 Å². The van der Waals surface area contributed by atoms with Gasteiger partial charge in [-0.15, -0.1) is 0 Å². The Labute approximate surface area is 172 Å². The molecule has 160 valence electrons. The minimum atomic E-state index is -0.964. The number of nitrogens with zero attached hydrogens (tertiary/aromatic N) is 1. The lowest BCUT2D eigenvalue weighted by Crippen LogP contribution is -2.48. The lowest BCUT2D eigenvalue weighted by atomic mass is 10.1. The first-order valence-electron chi connectivity index (χ1n) is 9.25. The summed E-state index contributed by atoms with van der Waals surface area (Å²) in [5.74, 6) is -0.598. The van der Waals surface area contributed by atoms with Crippen LogP contribution in [0.4, 0.5) is 4.79 Å². The molecule has 1 heterocycles. The molecule has 30 heavy (non-hydrogen) atoms. The van der Waals surface area contributed by atoms with Crippen molar-refractivity contribution in [3.63, 3.8) is 0 Å². The number of carbonyl (C=O) groups excluding carboxylic acids is 2. The van der Waals surface area contributed by atoms with Crippen LogP contribution in [0, 0.1) is 6.92 Å². The van der Waals surface area contributed by atoms with E-state index < -0.39 is 34.9 Å². The molecule has 1 aromatic carbocycles. The average molecular weight is 415 g/mol. The zero-order chi connectivity index (χ0) is 22.3. The van der Waals surface area contributed by atoms with E-state index in [1.54, 1.807) is 20.8 Å². The molecule has 2 rings (SSSR count). The third-order valence-corrected chi connectivity index (χ3v) is 3.84. The fourth-order valence-electron chi connectivity index (χ4n) is 2.51. The molecule has 0 saturated carbocycles. The van der Waals surface area contributed by atoms with Crippen LogP contribution in [-0.4, -0.2) is 39.8 Å². The number of hydrogen-bond donors (Lipinski definition) is 4. The topological polar surface area (TPSA) is 146 Å². The Balaban J connectivity index is 2.14. The Hall–Kier alpha value is -3.69. The predicted molar refractivity (Wildman–Crippen MR) is 111 cm³/mol. The molecule has 0 radical (unpaired) electrons. The van der Waals surface area contributed by atoms with Crippen LogP contribution in [0.15, 0.2) is 45.0 Å². The van der Waals surface area contributed by atoms with Gasteiger partial charge in [-0.3, -0.25) is 14.6 Å². The Bertz CT molecular complexity index is 1030. The number of aryl methyl sites for hydroxylation is 1. The van der Waals surface area contributed by atoms with Gasteiger partial charge in [0.2, 0.25) is 0 Å². The molecule has 2 aromatic rings. The molecule has 0 aliphatic rings. The summed E-state index contributed by atoms with van der Waals surface area (Å²) in [6.45, 7) is 6.68. The molecule has 2 amide bonds. The molecule has 0 saturated heterocycles. The van der Waals surface area contributed by atoms with Crippen molar-refractivity contribution in [3.8, 4) is 0 Å². The number of carbonyl (C=O) groups is 2. The number of ether oxygens (including phenoxy) is 1. The quantitative estimate of drug-likeness (QED) is 0.410. The number of alkyl carbamates (subject to hydrolysis) is 1. The van der Waals surface area contributed by atoms with Crippen molar-refractivity contribution in [1.29, 1.82) is 0 Å². The third kappa shape index (κ3) is 7.04. The highest BCUT2D eigenvalue weighted by molar-refractivity contribution is 5.87. The van der Waals surface area contributed by atoms with E-state index in [4.69, 9.17) is 4.74 Å². The van der Waals surface area contributed by atoms with Crippen LogP contribution in [-0.2, 0) is 16.0 Å². The van der Waals surface area contributed by atoms with Gasteiger partial charge in [-0.2, -0.15) is 5.10 Å². The first-order chi connectivity index (χ1) is 14.0. The third-order valence-electron chi connectivity index (χ3n) is 3.84. The van der Waals surface area contributed by atoms with E-state index in [0.717, 1.165) is 11.8 Å². The molecule has 0 fully saturated rings. The van der Waals surface area contributed by atoms with Crippen molar-refractivity contribution in [1.82, 2.24) is 20.7 Å². The summed E-state index contributed by atoms with van der Waals surface area (Å²) in [6.07, 6.45) is 0.588. The standard InChI is InChI=1S/C20H25N5O5/c1-12-14(16(26)24-18(28)22-12)11-21-25-17(27)15(10-13-8-6-5-7-9-13)23-19(29)30-20(2,3)4/h5-9,11,15H,10H2,1-4H3,(H,23,29)(H,25,27)(H2,22,24,26,28)/t15-/m0/s1. The van der Waals surface area contributed by atoms with Crippen LogP contribution in [0.5, 0.6) is 0 Å². The van der Waals surface area contributed by atoms with Crippen molar-refractivity contribution in [2.75, 3.05) is 0 Å². The van der Waals surface area contributed by atoms with Crippen LogP contribution in [0.2, 0.25) is 0 Å². The summed E-state index contributed by atoms with van der Waals surface area (Å²) >= 11 is 0. The maximum atomic E-state index is 12.6. The minimum absolute atomic E-state index is 0.0922. The molecule has 0 bridgehead atoms. The molecule has 0 spiro atoms. The zero-order valence-corrected chi connectivity index (χ0v) is 17.2. The van der Waals surface area contributed by atoms with Crippen molar-refractivity contribution >= 4 is 18.2 Å². The van der Waals surface area contributed by atoms with E-state index >= 15 is 0 Å². The van der Waals surface area contributed by atoms with Crippen molar-refractivity contribution in [2.45, 2.75) is 45.8 Å². The van der Waals surface area contributed by atoms with Gasteiger partial charge in [0.05, 0.1) is 11.8 Å². The molecule has 0 unspecified atom stereocenters. The lowest BCUT2D eigenvalue weighted by molar-refractivity contribution is -0.123. The second kappa shape index (κ2) is 9.68. The number of aromatic nitrogens is 2. The number of benzene rings is 1. The first kappa shape index (κ1) is 22.6. The number of aromatic amines is 2. The van der Waals surface area contributed by atoms with Crippen molar-refractivity contribution in [3.05, 3.63) is 68.0 Å². The molecule has 4 N–H and O–H groups in total. The molecule has 1 atom stereocenters. The molecular formula is C20H25N5O5. The number of nitrogens with one attached hydrogen (secondary N) is 4. The highest BCUT2D eigenvalue weighted by Crippen LogP contribution is 2.08. The number of rotatable bonds is 6. The van der Waals surface area contributed by atoms with Gasteiger partial charge in [-0.1, -0.05) is 30.3 Å². The van der Waals surface area contributed by atoms with Gasteiger partial charge in [0.25, 0.3) is 11.5 Å². The summed E-state index contributed by atoms with van der Waals surface area (Å²) in [5.41, 5.74) is 1.53. The maximum absolute atomic E-state index is 12.6. The Morgan fingerprint density at radius 2 is 1.83 bits per heavy atom. The Morgan fingerprint density at radius 3 is 2.43 bits per heavy atom. The molecule has 10 nitrogen and oxygen atoms in total. The normalized spacial score (nSPS) is 12.4. The van der Waals surface area contributed by atoms with Gasteiger partial charge in [0, 0.05) is 12.1 Å². The average Bonchev–Trinajstić information content (AvgIpc) is 2.62. The van der Waals surface area contributed by atoms with Crippen LogP contribution in [0.1, 0.15) is 37.6 Å². The van der Waals surface area contributed by atoms with Gasteiger partial charge in [-0.05, 0) is 33.3 Å². The number of hydrogen-bond acceptors (Lipinski definition) is 6. The SMILES string of the molecule is Cc1[nH]c(=O)[nH]c(=O)c1C=NNC(=O)[C@H](Cc1ccccc1)NC(=O)OC(C)(C)C. The van der Waals surface area contributed by atoms with Gasteiger partial charge < -0.3 is 15.0 Å². The first-order valence-corrected chi connectivity index (χ1v) is 9.25. The number of amides is 2. The second-order valence-electron chi connectivity index (χ2n) is 7.57. The number of H-pyrrole nitrogens is 2. The van der Waals surface area contributed by atoms with Gasteiger partial charge >= 0.3 is 11.8 Å².